The molecule has 0 aliphatic rings. The Morgan fingerprint density at radius 3 is 2.60 bits per heavy atom. The predicted molar refractivity (Wildman–Crippen MR) is 107 cm³/mol. The molecule has 0 aliphatic heterocycles. The second kappa shape index (κ2) is 9.89. The Morgan fingerprint density at radius 2 is 1.90 bits per heavy atom. The fourth-order valence-electron chi connectivity index (χ4n) is 2.55. The van der Waals surface area contributed by atoms with Gasteiger partial charge in [-0.3, -0.25) is 14.6 Å². The third-order valence-corrected chi connectivity index (χ3v) is 4.05. The number of aromatic nitrogens is 3. The van der Waals surface area contributed by atoms with Crippen molar-refractivity contribution < 1.29 is 23.5 Å². The Balaban J connectivity index is 1.68. The number of carbonyl (C=O) groups excluding carboxylic acids is 2. The van der Waals surface area contributed by atoms with Crippen molar-refractivity contribution in [1.29, 1.82) is 0 Å². The first kappa shape index (κ1) is 21.3. The van der Waals surface area contributed by atoms with Gasteiger partial charge in [-0.05, 0) is 37.3 Å². The number of rotatable bonds is 8. The molecule has 9 heteroatoms. The zero-order valence-electron chi connectivity index (χ0n) is 16.0. The molecule has 0 N–H and O–H groups in total. The summed E-state index contributed by atoms with van der Waals surface area (Å²) in [5.74, 6) is -1.34. The Morgan fingerprint density at radius 1 is 1.13 bits per heavy atom. The van der Waals surface area contributed by atoms with Gasteiger partial charge in [0.25, 0.3) is 5.88 Å². The number of benzene rings is 1. The average molecular weight is 430 g/mol. The Hall–Kier alpha value is -3.39. The van der Waals surface area contributed by atoms with Crippen LogP contribution in [0.25, 0.3) is 11.3 Å². The largest absolute Gasteiger partial charge is 0.466 e. The van der Waals surface area contributed by atoms with Gasteiger partial charge in [-0.1, -0.05) is 11.6 Å². The standard InChI is InChI=1S/C21H17ClFN3O4/c1-2-29-20(28)9-16(27)8-15-11-24-12-19(26-15)13-3-5-17(6-4-13)30-21-18(23)7-14(22)10-25-21/h3-7,10-12H,2,8-9H2,1H3. The zero-order chi connectivity index (χ0) is 21.5. The molecule has 3 rings (SSSR count). The molecule has 0 radical (unpaired) electrons. The van der Waals surface area contributed by atoms with Gasteiger partial charge in [0.2, 0.25) is 0 Å². The molecule has 30 heavy (non-hydrogen) atoms. The summed E-state index contributed by atoms with van der Waals surface area (Å²) in [6, 6.07) is 7.81. The quantitative estimate of drug-likeness (QED) is 0.391. The van der Waals surface area contributed by atoms with E-state index in [9.17, 15) is 14.0 Å². The highest BCUT2D eigenvalue weighted by Crippen LogP contribution is 2.26. The van der Waals surface area contributed by atoms with Crippen molar-refractivity contribution in [2.45, 2.75) is 19.8 Å². The van der Waals surface area contributed by atoms with Crippen LogP contribution in [-0.2, 0) is 20.7 Å². The molecule has 0 saturated heterocycles. The molecular weight excluding hydrogens is 413 g/mol. The molecule has 0 aliphatic carbocycles. The van der Waals surface area contributed by atoms with Crippen molar-refractivity contribution in [2.75, 3.05) is 6.61 Å². The van der Waals surface area contributed by atoms with Gasteiger partial charge in [0.15, 0.2) is 5.82 Å². The van der Waals surface area contributed by atoms with E-state index in [2.05, 4.69) is 15.0 Å². The summed E-state index contributed by atoms with van der Waals surface area (Å²) >= 11 is 5.68. The predicted octanol–water partition coefficient (Wildman–Crippen LogP) is 4.19. The lowest BCUT2D eigenvalue weighted by Crippen LogP contribution is -2.13. The van der Waals surface area contributed by atoms with Crippen LogP contribution in [0, 0.1) is 5.82 Å². The van der Waals surface area contributed by atoms with E-state index in [1.165, 1.54) is 12.4 Å². The van der Waals surface area contributed by atoms with Crippen LogP contribution in [0.2, 0.25) is 5.02 Å². The fraction of sp³-hybridized carbons (Fsp3) is 0.190. The highest BCUT2D eigenvalue weighted by Gasteiger charge is 2.13. The van der Waals surface area contributed by atoms with E-state index in [4.69, 9.17) is 21.1 Å². The second-order valence-corrected chi connectivity index (χ2v) is 6.60. The van der Waals surface area contributed by atoms with Crippen LogP contribution in [0.5, 0.6) is 11.6 Å². The molecule has 3 aromatic rings. The molecule has 154 valence electrons. The van der Waals surface area contributed by atoms with Crippen molar-refractivity contribution in [3.8, 4) is 22.9 Å². The number of hydrogen-bond acceptors (Lipinski definition) is 7. The van der Waals surface area contributed by atoms with E-state index in [1.54, 1.807) is 37.4 Å². The van der Waals surface area contributed by atoms with Gasteiger partial charge >= 0.3 is 5.97 Å². The summed E-state index contributed by atoms with van der Waals surface area (Å²) in [5.41, 5.74) is 1.70. The number of halogens is 2. The van der Waals surface area contributed by atoms with Crippen molar-refractivity contribution in [2.24, 2.45) is 0 Å². The molecule has 2 aromatic heterocycles. The minimum atomic E-state index is -0.669. The number of ether oxygens (including phenoxy) is 2. The smallest absolute Gasteiger partial charge is 0.313 e. The van der Waals surface area contributed by atoms with E-state index in [0.29, 0.717) is 17.1 Å². The first-order valence-electron chi connectivity index (χ1n) is 9.02. The lowest BCUT2D eigenvalue weighted by atomic mass is 10.1. The van der Waals surface area contributed by atoms with Gasteiger partial charge in [-0.2, -0.15) is 0 Å². The molecular formula is C21H17ClFN3O4. The van der Waals surface area contributed by atoms with Crippen molar-refractivity contribution in [3.63, 3.8) is 0 Å². The van der Waals surface area contributed by atoms with Gasteiger partial charge in [0.05, 0.1) is 35.6 Å². The summed E-state index contributed by atoms with van der Waals surface area (Å²) in [7, 11) is 0. The SMILES string of the molecule is CCOC(=O)CC(=O)Cc1cncc(-c2ccc(Oc3ncc(Cl)cc3F)cc2)n1. The van der Waals surface area contributed by atoms with Crippen molar-refractivity contribution in [1.82, 2.24) is 15.0 Å². The van der Waals surface area contributed by atoms with E-state index >= 15 is 0 Å². The van der Waals surface area contributed by atoms with Gasteiger partial charge in [0.1, 0.15) is 18.0 Å². The van der Waals surface area contributed by atoms with Crippen LogP contribution in [0.1, 0.15) is 19.0 Å². The van der Waals surface area contributed by atoms with E-state index in [-0.39, 0.29) is 36.1 Å². The molecule has 0 unspecified atom stereocenters. The minimum Gasteiger partial charge on any atom is -0.466 e. The van der Waals surface area contributed by atoms with Gasteiger partial charge < -0.3 is 9.47 Å². The maximum atomic E-state index is 13.8. The summed E-state index contributed by atoms with van der Waals surface area (Å²) < 4.78 is 24.0. The van der Waals surface area contributed by atoms with Gasteiger partial charge in [-0.25, -0.2) is 14.4 Å². The zero-order valence-corrected chi connectivity index (χ0v) is 16.7. The van der Waals surface area contributed by atoms with Crippen LogP contribution in [0.4, 0.5) is 4.39 Å². The molecule has 0 amide bonds. The number of carbonyl (C=O) groups is 2. The fourth-order valence-corrected chi connectivity index (χ4v) is 2.70. The van der Waals surface area contributed by atoms with Crippen LogP contribution in [-0.4, -0.2) is 33.3 Å². The summed E-state index contributed by atoms with van der Waals surface area (Å²) in [6.07, 6.45) is 3.98. The highest BCUT2D eigenvalue weighted by atomic mass is 35.5. The van der Waals surface area contributed by atoms with Crippen LogP contribution in [0.3, 0.4) is 0 Å². The number of pyridine rings is 1. The van der Waals surface area contributed by atoms with Crippen LogP contribution < -0.4 is 4.74 Å². The molecule has 0 fully saturated rings. The van der Waals surface area contributed by atoms with Gasteiger partial charge in [0, 0.05) is 18.0 Å². The lowest BCUT2D eigenvalue weighted by Gasteiger charge is -2.07. The normalized spacial score (nSPS) is 10.5. The highest BCUT2D eigenvalue weighted by molar-refractivity contribution is 6.30. The minimum absolute atomic E-state index is 0.0254. The molecule has 0 spiro atoms. The number of nitrogens with zero attached hydrogens (tertiary/aromatic N) is 3. The summed E-state index contributed by atoms with van der Waals surface area (Å²) in [4.78, 5) is 35.7. The van der Waals surface area contributed by atoms with E-state index < -0.39 is 11.8 Å². The lowest BCUT2D eigenvalue weighted by molar-refractivity contribution is -0.145. The number of ketones is 1. The average Bonchev–Trinajstić information content (AvgIpc) is 2.71. The molecule has 7 nitrogen and oxygen atoms in total. The third-order valence-electron chi connectivity index (χ3n) is 3.85. The second-order valence-electron chi connectivity index (χ2n) is 6.16. The molecule has 2 heterocycles. The maximum absolute atomic E-state index is 13.8. The number of Topliss-reactive ketones (excluding diaryl/α,β-unsaturated/α-hetero) is 1. The Kier molecular flexibility index (Phi) is 7.03. The number of esters is 1. The topological polar surface area (TPSA) is 91.3 Å². The molecule has 0 atom stereocenters. The molecule has 0 saturated carbocycles. The first-order valence-corrected chi connectivity index (χ1v) is 9.40. The molecule has 0 bridgehead atoms. The van der Waals surface area contributed by atoms with E-state index in [0.717, 1.165) is 11.6 Å². The monoisotopic (exact) mass is 429 g/mol. The third kappa shape index (κ3) is 5.81. The maximum Gasteiger partial charge on any atom is 0.313 e. The van der Waals surface area contributed by atoms with Crippen molar-refractivity contribution in [3.05, 3.63) is 65.5 Å². The Bertz CT molecular complexity index is 1060. The van der Waals surface area contributed by atoms with Gasteiger partial charge in [-0.15, -0.1) is 0 Å². The Labute approximate surface area is 176 Å². The summed E-state index contributed by atoms with van der Waals surface area (Å²) in [6.45, 7) is 1.90. The summed E-state index contributed by atoms with van der Waals surface area (Å²) in [5, 5.41) is 0.175. The van der Waals surface area contributed by atoms with Crippen LogP contribution >= 0.6 is 11.6 Å². The van der Waals surface area contributed by atoms with Crippen molar-refractivity contribution >= 4 is 23.4 Å². The van der Waals surface area contributed by atoms with Crippen LogP contribution in [0.15, 0.2) is 48.9 Å². The van der Waals surface area contributed by atoms with E-state index in [1.807, 2.05) is 0 Å². The number of hydrogen-bond donors (Lipinski definition) is 0. The first-order chi connectivity index (χ1) is 14.4. The molecule has 1 aromatic carbocycles.